The first-order chi connectivity index (χ1) is 7.74. The van der Waals surface area contributed by atoms with Gasteiger partial charge in [0.25, 0.3) is 0 Å². The molecule has 90 valence electrons. The van der Waals surface area contributed by atoms with Gasteiger partial charge in [0.2, 0.25) is 5.91 Å². The lowest BCUT2D eigenvalue weighted by atomic mass is 10.1. The van der Waals surface area contributed by atoms with Gasteiger partial charge in [0.15, 0.2) is 0 Å². The SMILES string of the molecule is CC(C(=O)NC1CC1)N1C[C@@H]2CCN[C@@H]2C1. The number of carbonyl (C=O) groups excluding carboxylic acids is 1. The molecule has 0 bridgehead atoms. The van der Waals surface area contributed by atoms with Crippen molar-refractivity contribution in [2.75, 3.05) is 19.6 Å². The number of hydrogen-bond acceptors (Lipinski definition) is 3. The summed E-state index contributed by atoms with van der Waals surface area (Å²) in [5, 5.41) is 6.62. The predicted molar refractivity (Wildman–Crippen MR) is 62.1 cm³/mol. The van der Waals surface area contributed by atoms with Crippen LogP contribution in [0.3, 0.4) is 0 Å². The van der Waals surface area contributed by atoms with Gasteiger partial charge in [-0.3, -0.25) is 9.69 Å². The Morgan fingerprint density at radius 2 is 2.19 bits per heavy atom. The summed E-state index contributed by atoms with van der Waals surface area (Å²) in [6.07, 6.45) is 3.62. The van der Waals surface area contributed by atoms with Crippen molar-refractivity contribution in [2.45, 2.75) is 44.3 Å². The van der Waals surface area contributed by atoms with E-state index in [1.807, 2.05) is 6.92 Å². The van der Waals surface area contributed by atoms with E-state index >= 15 is 0 Å². The van der Waals surface area contributed by atoms with Crippen LogP contribution in [-0.4, -0.2) is 48.6 Å². The number of likely N-dealkylation sites (tertiary alicyclic amines) is 1. The minimum atomic E-state index is 0.0491. The molecule has 2 saturated heterocycles. The number of rotatable bonds is 3. The molecule has 0 aromatic carbocycles. The molecule has 2 aliphatic heterocycles. The number of hydrogen-bond donors (Lipinski definition) is 2. The van der Waals surface area contributed by atoms with E-state index in [0.717, 1.165) is 25.6 Å². The molecule has 3 atom stereocenters. The lowest BCUT2D eigenvalue weighted by Gasteiger charge is -2.24. The molecule has 3 fully saturated rings. The van der Waals surface area contributed by atoms with Crippen molar-refractivity contribution in [3.8, 4) is 0 Å². The summed E-state index contributed by atoms with van der Waals surface area (Å²) < 4.78 is 0. The number of nitrogens with one attached hydrogen (secondary N) is 2. The Kier molecular flexibility index (Phi) is 2.64. The lowest BCUT2D eigenvalue weighted by Crippen LogP contribution is -2.46. The van der Waals surface area contributed by atoms with Gasteiger partial charge in [0.1, 0.15) is 0 Å². The highest BCUT2D eigenvalue weighted by Crippen LogP contribution is 2.26. The molecule has 0 radical (unpaired) electrons. The van der Waals surface area contributed by atoms with E-state index in [9.17, 15) is 4.79 Å². The third kappa shape index (κ3) is 1.96. The van der Waals surface area contributed by atoms with E-state index in [4.69, 9.17) is 0 Å². The van der Waals surface area contributed by atoms with Gasteiger partial charge < -0.3 is 10.6 Å². The largest absolute Gasteiger partial charge is 0.352 e. The first-order valence-electron chi connectivity index (χ1n) is 6.52. The molecule has 4 heteroatoms. The Morgan fingerprint density at radius 1 is 1.38 bits per heavy atom. The van der Waals surface area contributed by atoms with Gasteiger partial charge in [-0.2, -0.15) is 0 Å². The highest BCUT2D eigenvalue weighted by molar-refractivity contribution is 5.81. The quantitative estimate of drug-likeness (QED) is 0.705. The van der Waals surface area contributed by atoms with Crippen molar-refractivity contribution >= 4 is 5.91 Å². The topological polar surface area (TPSA) is 44.4 Å². The Morgan fingerprint density at radius 3 is 2.88 bits per heavy atom. The highest BCUT2D eigenvalue weighted by Gasteiger charge is 2.39. The zero-order chi connectivity index (χ0) is 11.1. The molecular formula is C12H21N3O. The molecule has 16 heavy (non-hydrogen) atoms. The molecule has 2 N–H and O–H groups in total. The summed E-state index contributed by atoms with van der Waals surface area (Å²) >= 11 is 0. The molecule has 0 aromatic heterocycles. The maximum atomic E-state index is 11.9. The van der Waals surface area contributed by atoms with Gasteiger partial charge in [-0.25, -0.2) is 0 Å². The van der Waals surface area contributed by atoms with Crippen LogP contribution in [0.1, 0.15) is 26.2 Å². The Hall–Kier alpha value is -0.610. The summed E-state index contributed by atoms with van der Waals surface area (Å²) in [5.74, 6) is 0.999. The molecule has 1 saturated carbocycles. The Balaban J connectivity index is 1.54. The summed E-state index contributed by atoms with van der Waals surface area (Å²) in [6.45, 7) is 5.34. The molecule has 1 unspecified atom stereocenters. The average Bonchev–Trinajstić information content (AvgIpc) is 2.81. The van der Waals surface area contributed by atoms with Crippen LogP contribution >= 0.6 is 0 Å². The van der Waals surface area contributed by atoms with E-state index < -0.39 is 0 Å². The van der Waals surface area contributed by atoms with E-state index in [1.165, 1.54) is 19.3 Å². The third-order valence-electron chi connectivity index (χ3n) is 4.24. The van der Waals surface area contributed by atoms with Crippen molar-refractivity contribution in [3.05, 3.63) is 0 Å². The van der Waals surface area contributed by atoms with Crippen molar-refractivity contribution < 1.29 is 4.79 Å². The van der Waals surface area contributed by atoms with E-state index in [0.29, 0.717) is 12.1 Å². The fourth-order valence-electron chi connectivity index (χ4n) is 2.91. The molecule has 3 aliphatic rings. The van der Waals surface area contributed by atoms with Gasteiger partial charge in [-0.1, -0.05) is 0 Å². The average molecular weight is 223 g/mol. The van der Waals surface area contributed by atoms with Crippen LogP contribution in [0.4, 0.5) is 0 Å². The van der Waals surface area contributed by atoms with Crippen LogP contribution < -0.4 is 10.6 Å². The summed E-state index contributed by atoms with van der Waals surface area (Å²) in [6, 6.07) is 1.17. The molecule has 0 spiro atoms. The lowest BCUT2D eigenvalue weighted by molar-refractivity contribution is -0.125. The maximum absolute atomic E-state index is 11.9. The van der Waals surface area contributed by atoms with Gasteiger partial charge in [0, 0.05) is 25.2 Å². The van der Waals surface area contributed by atoms with Crippen molar-refractivity contribution in [2.24, 2.45) is 5.92 Å². The zero-order valence-corrected chi connectivity index (χ0v) is 9.91. The first kappa shape index (κ1) is 10.5. The monoisotopic (exact) mass is 223 g/mol. The van der Waals surface area contributed by atoms with Gasteiger partial charge >= 0.3 is 0 Å². The fourth-order valence-corrected chi connectivity index (χ4v) is 2.91. The predicted octanol–water partition coefficient (Wildman–Crippen LogP) is -0.0528. The van der Waals surface area contributed by atoms with E-state index in [1.54, 1.807) is 0 Å². The molecule has 2 heterocycles. The number of carbonyl (C=O) groups is 1. The van der Waals surface area contributed by atoms with Crippen molar-refractivity contribution in [1.29, 1.82) is 0 Å². The minimum Gasteiger partial charge on any atom is -0.352 e. The Labute approximate surface area is 96.8 Å². The third-order valence-corrected chi connectivity index (χ3v) is 4.24. The summed E-state index contributed by atoms with van der Waals surface area (Å²) in [4.78, 5) is 14.3. The molecule has 0 aromatic rings. The maximum Gasteiger partial charge on any atom is 0.237 e. The second kappa shape index (κ2) is 4.00. The van der Waals surface area contributed by atoms with Crippen LogP contribution in [0, 0.1) is 5.92 Å². The normalized spacial score (nSPS) is 36.1. The molecule has 4 nitrogen and oxygen atoms in total. The van der Waals surface area contributed by atoms with Crippen LogP contribution in [0.25, 0.3) is 0 Å². The summed E-state index contributed by atoms with van der Waals surface area (Å²) in [7, 11) is 0. The molecule has 1 aliphatic carbocycles. The van der Waals surface area contributed by atoms with E-state index in [2.05, 4.69) is 15.5 Å². The number of amides is 1. The molecular weight excluding hydrogens is 202 g/mol. The standard InChI is InChI=1S/C12H21N3O/c1-8(12(16)14-10-2-3-10)15-6-9-4-5-13-11(9)7-15/h8-11,13H,2-7H2,1H3,(H,14,16)/t8?,9-,11+/m0/s1. The van der Waals surface area contributed by atoms with Crippen molar-refractivity contribution in [3.63, 3.8) is 0 Å². The smallest absolute Gasteiger partial charge is 0.237 e. The van der Waals surface area contributed by atoms with Crippen LogP contribution in [-0.2, 0) is 4.79 Å². The number of fused-ring (bicyclic) bond motifs is 1. The zero-order valence-electron chi connectivity index (χ0n) is 9.91. The first-order valence-corrected chi connectivity index (χ1v) is 6.52. The molecule has 1 amide bonds. The van der Waals surface area contributed by atoms with Gasteiger partial charge in [-0.05, 0) is 38.6 Å². The van der Waals surface area contributed by atoms with Crippen LogP contribution in [0.2, 0.25) is 0 Å². The van der Waals surface area contributed by atoms with Crippen LogP contribution in [0.15, 0.2) is 0 Å². The van der Waals surface area contributed by atoms with Crippen LogP contribution in [0.5, 0.6) is 0 Å². The van der Waals surface area contributed by atoms with Crippen molar-refractivity contribution in [1.82, 2.24) is 15.5 Å². The fraction of sp³-hybridized carbons (Fsp3) is 0.917. The second-order valence-corrected chi connectivity index (χ2v) is 5.52. The number of nitrogens with zero attached hydrogens (tertiary/aromatic N) is 1. The van der Waals surface area contributed by atoms with Gasteiger partial charge in [0.05, 0.1) is 6.04 Å². The summed E-state index contributed by atoms with van der Waals surface area (Å²) in [5.41, 5.74) is 0. The minimum absolute atomic E-state index is 0.0491. The highest BCUT2D eigenvalue weighted by atomic mass is 16.2. The Bertz CT molecular complexity index is 278. The van der Waals surface area contributed by atoms with E-state index in [-0.39, 0.29) is 11.9 Å². The molecule has 3 rings (SSSR count). The second-order valence-electron chi connectivity index (χ2n) is 5.52. The van der Waals surface area contributed by atoms with Gasteiger partial charge in [-0.15, -0.1) is 0 Å².